The van der Waals surface area contributed by atoms with E-state index in [-0.39, 0.29) is 0 Å². The predicted octanol–water partition coefficient (Wildman–Crippen LogP) is 4.59. The molecule has 0 bridgehead atoms. The third-order valence-electron chi connectivity index (χ3n) is 1.79. The lowest BCUT2D eigenvalue weighted by molar-refractivity contribution is 0.108. The molecular formula is C9H3Cl3OS. The molecule has 1 aromatic heterocycles. The summed E-state index contributed by atoms with van der Waals surface area (Å²) < 4.78 is 0.795. The molecule has 0 amide bonds. The van der Waals surface area contributed by atoms with Gasteiger partial charge in [-0.05, 0) is 17.7 Å². The van der Waals surface area contributed by atoms with E-state index in [9.17, 15) is 4.79 Å². The molecule has 72 valence electrons. The highest BCUT2D eigenvalue weighted by Gasteiger charge is 2.16. The molecule has 1 heterocycles. The summed E-state index contributed by atoms with van der Waals surface area (Å²) in [5.41, 5.74) is 0. The van der Waals surface area contributed by atoms with Crippen molar-refractivity contribution >= 4 is 61.5 Å². The molecule has 0 saturated carbocycles. The van der Waals surface area contributed by atoms with E-state index < -0.39 is 5.24 Å². The van der Waals surface area contributed by atoms with Crippen LogP contribution in [0, 0.1) is 0 Å². The van der Waals surface area contributed by atoms with Gasteiger partial charge >= 0.3 is 0 Å². The van der Waals surface area contributed by atoms with E-state index in [4.69, 9.17) is 34.8 Å². The highest BCUT2D eigenvalue weighted by Crippen LogP contribution is 2.39. The minimum atomic E-state index is -0.549. The molecule has 14 heavy (non-hydrogen) atoms. The lowest BCUT2D eigenvalue weighted by atomic mass is 10.2. The number of hydrogen-bond donors (Lipinski definition) is 0. The number of rotatable bonds is 1. The first-order valence-corrected chi connectivity index (χ1v) is 5.62. The van der Waals surface area contributed by atoms with E-state index in [1.807, 2.05) is 6.07 Å². The predicted molar refractivity (Wildman–Crippen MR) is 62.0 cm³/mol. The molecule has 1 aromatic carbocycles. The number of carbonyl (C=O) groups excluding carboxylic acids is 1. The normalized spacial score (nSPS) is 10.8. The SMILES string of the molecule is O=C(Cl)c1sc2c(Cl)cccc2c1Cl. The molecule has 2 rings (SSSR count). The maximum atomic E-state index is 11.0. The number of fused-ring (bicyclic) bond motifs is 1. The van der Waals surface area contributed by atoms with Crippen molar-refractivity contribution in [1.82, 2.24) is 0 Å². The average molecular weight is 266 g/mol. The van der Waals surface area contributed by atoms with Crippen LogP contribution < -0.4 is 0 Å². The topological polar surface area (TPSA) is 17.1 Å². The number of thiophene rings is 1. The number of hydrogen-bond acceptors (Lipinski definition) is 2. The maximum absolute atomic E-state index is 11.0. The van der Waals surface area contributed by atoms with Crippen LogP contribution >= 0.6 is 46.1 Å². The van der Waals surface area contributed by atoms with Gasteiger partial charge in [0, 0.05) is 5.39 Å². The van der Waals surface area contributed by atoms with Crippen molar-refractivity contribution in [3.63, 3.8) is 0 Å². The Morgan fingerprint density at radius 2 is 2.00 bits per heavy atom. The molecule has 0 saturated heterocycles. The molecule has 0 N–H and O–H groups in total. The summed E-state index contributed by atoms with van der Waals surface area (Å²) in [5, 5.41) is 1.19. The van der Waals surface area contributed by atoms with E-state index in [1.165, 1.54) is 11.3 Å². The molecule has 0 unspecified atom stereocenters. The van der Waals surface area contributed by atoms with Crippen LogP contribution in [0.5, 0.6) is 0 Å². The summed E-state index contributed by atoms with van der Waals surface area (Å²) in [5.74, 6) is 0. The van der Waals surface area contributed by atoms with Crippen molar-refractivity contribution in [3.05, 3.63) is 33.1 Å². The largest absolute Gasteiger partial charge is 0.275 e. The van der Waals surface area contributed by atoms with Crippen molar-refractivity contribution in [3.8, 4) is 0 Å². The zero-order chi connectivity index (χ0) is 10.3. The van der Waals surface area contributed by atoms with Gasteiger partial charge in [-0.2, -0.15) is 0 Å². The van der Waals surface area contributed by atoms with Crippen molar-refractivity contribution in [2.45, 2.75) is 0 Å². The van der Waals surface area contributed by atoms with Crippen LogP contribution in [0.4, 0.5) is 0 Å². The fourth-order valence-electron chi connectivity index (χ4n) is 1.18. The fraction of sp³-hybridized carbons (Fsp3) is 0. The molecule has 0 aliphatic carbocycles. The van der Waals surface area contributed by atoms with Crippen molar-refractivity contribution in [1.29, 1.82) is 0 Å². The minimum absolute atomic E-state index is 0.344. The highest BCUT2D eigenvalue weighted by molar-refractivity contribution is 7.23. The average Bonchev–Trinajstić information content (AvgIpc) is 2.46. The van der Waals surface area contributed by atoms with Gasteiger partial charge in [-0.25, -0.2) is 0 Å². The molecule has 0 atom stereocenters. The van der Waals surface area contributed by atoms with E-state index in [2.05, 4.69) is 0 Å². The second-order valence-corrected chi connectivity index (χ2v) is 4.78. The Morgan fingerprint density at radius 3 is 2.57 bits per heavy atom. The number of benzene rings is 1. The summed E-state index contributed by atoms with van der Waals surface area (Å²) in [6, 6.07) is 5.34. The Bertz CT molecular complexity index is 518. The van der Waals surface area contributed by atoms with Gasteiger partial charge in [0.05, 0.1) is 14.7 Å². The Morgan fingerprint density at radius 1 is 1.29 bits per heavy atom. The Balaban J connectivity index is 2.86. The zero-order valence-electron chi connectivity index (χ0n) is 6.68. The van der Waals surface area contributed by atoms with Crippen LogP contribution in [0.15, 0.2) is 18.2 Å². The van der Waals surface area contributed by atoms with E-state index >= 15 is 0 Å². The van der Waals surface area contributed by atoms with E-state index in [0.29, 0.717) is 14.9 Å². The van der Waals surface area contributed by atoms with Gasteiger partial charge in [-0.1, -0.05) is 35.3 Å². The molecule has 5 heteroatoms. The van der Waals surface area contributed by atoms with Crippen LogP contribution in [0.3, 0.4) is 0 Å². The Labute approximate surface area is 99.2 Å². The summed E-state index contributed by atoms with van der Waals surface area (Å²) >= 11 is 18.5. The Kier molecular flexibility index (Phi) is 2.71. The first kappa shape index (κ1) is 10.2. The van der Waals surface area contributed by atoms with Gasteiger partial charge in [0.2, 0.25) is 0 Å². The third kappa shape index (κ3) is 1.52. The fourth-order valence-corrected chi connectivity index (χ4v) is 3.07. The van der Waals surface area contributed by atoms with Gasteiger partial charge < -0.3 is 0 Å². The van der Waals surface area contributed by atoms with E-state index in [1.54, 1.807) is 12.1 Å². The molecule has 0 aliphatic rings. The first-order valence-electron chi connectivity index (χ1n) is 3.67. The van der Waals surface area contributed by atoms with Crippen molar-refractivity contribution in [2.75, 3.05) is 0 Å². The summed E-state index contributed by atoms with van der Waals surface area (Å²) in [7, 11) is 0. The van der Waals surface area contributed by atoms with Gasteiger partial charge in [0.25, 0.3) is 5.24 Å². The molecule has 0 spiro atoms. The summed E-state index contributed by atoms with van der Waals surface area (Å²) in [6.07, 6.45) is 0. The zero-order valence-corrected chi connectivity index (χ0v) is 9.77. The standard InChI is InChI=1S/C9H3Cl3OS/c10-5-3-1-2-4-6(11)8(9(12)13)14-7(4)5/h1-3H. The van der Waals surface area contributed by atoms with Crippen LogP contribution in [0.2, 0.25) is 10.0 Å². The molecule has 1 nitrogen and oxygen atoms in total. The van der Waals surface area contributed by atoms with Crippen LogP contribution in [0.25, 0.3) is 10.1 Å². The third-order valence-corrected chi connectivity index (χ3v) is 4.26. The molecule has 0 aliphatic heterocycles. The minimum Gasteiger partial charge on any atom is -0.275 e. The quantitative estimate of drug-likeness (QED) is 0.689. The van der Waals surface area contributed by atoms with Crippen LogP contribution in [-0.2, 0) is 0 Å². The number of carbonyl (C=O) groups is 1. The Hall–Kier alpha value is -0.280. The molecule has 2 aromatic rings. The van der Waals surface area contributed by atoms with Crippen molar-refractivity contribution < 1.29 is 4.79 Å². The monoisotopic (exact) mass is 264 g/mol. The van der Waals surface area contributed by atoms with Gasteiger partial charge in [-0.3, -0.25) is 4.79 Å². The lowest BCUT2D eigenvalue weighted by Gasteiger charge is -1.91. The van der Waals surface area contributed by atoms with E-state index in [0.717, 1.165) is 10.1 Å². The van der Waals surface area contributed by atoms with Crippen molar-refractivity contribution in [2.24, 2.45) is 0 Å². The second-order valence-electron chi connectivity index (χ2n) is 2.64. The summed E-state index contributed by atoms with van der Waals surface area (Å²) in [6.45, 7) is 0. The lowest BCUT2D eigenvalue weighted by Crippen LogP contribution is -1.81. The molecule has 0 radical (unpaired) electrons. The van der Waals surface area contributed by atoms with Crippen LogP contribution in [0.1, 0.15) is 9.67 Å². The number of halogens is 3. The second kappa shape index (κ2) is 3.70. The summed E-state index contributed by atoms with van der Waals surface area (Å²) in [4.78, 5) is 11.3. The molecule has 0 fully saturated rings. The van der Waals surface area contributed by atoms with Gasteiger partial charge in [0.1, 0.15) is 4.88 Å². The maximum Gasteiger partial charge on any atom is 0.263 e. The highest BCUT2D eigenvalue weighted by atomic mass is 35.5. The first-order chi connectivity index (χ1) is 6.61. The smallest absolute Gasteiger partial charge is 0.263 e. The van der Waals surface area contributed by atoms with Gasteiger partial charge in [0.15, 0.2) is 0 Å². The molecular weight excluding hydrogens is 263 g/mol. The van der Waals surface area contributed by atoms with Gasteiger partial charge in [-0.15, -0.1) is 11.3 Å². The van der Waals surface area contributed by atoms with Crippen LogP contribution in [-0.4, -0.2) is 5.24 Å².